The highest BCUT2D eigenvalue weighted by atomic mass is 35.5. The van der Waals surface area contributed by atoms with E-state index in [0.717, 1.165) is 50.4 Å². The lowest BCUT2D eigenvalue weighted by Crippen LogP contribution is -2.41. The summed E-state index contributed by atoms with van der Waals surface area (Å²) in [5.41, 5.74) is 20.0. The van der Waals surface area contributed by atoms with Crippen molar-refractivity contribution in [3.63, 3.8) is 0 Å². The lowest BCUT2D eigenvalue weighted by molar-refractivity contribution is 0.00578. The van der Waals surface area contributed by atoms with Gasteiger partial charge in [0.05, 0.1) is 50.4 Å². The van der Waals surface area contributed by atoms with Gasteiger partial charge in [0, 0.05) is 66.8 Å². The summed E-state index contributed by atoms with van der Waals surface area (Å²) in [6.45, 7) is 8.46. The Morgan fingerprint density at radius 2 is 0.567 bits per heavy atom. The first-order chi connectivity index (χ1) is 58.9. The maximum Gasteiger partial charge on any atom is 0.495 e. The number of para-hydroxylation sites is 4. The van der Waals surface area contributed by atoms with E-state index in [1.54, 1.807) is 6.07 Å². The summed E-state index contributed by atoms with van der Waals surface area (Å²) in [4.78, 5) is 19.2. The summed E-state index contributed by atoms with van der Waals surface area (Å²) in [5, 5.41) is 20.1. The van der Waals surface area contributed by atoms with E-state index in [1.807, 2.05) is 84.9 Å². The molecule has 22 aromatic rings. The number of benzene rings is 18. The third-order valence-electron chi connectivity index (χ3n) is 24.2. The van der Waals surface area contributed by atoms with Gasteiger partial charge in [0.15, 0.2) is 11.6 Å². The molecule has 0 radical (unpaired) electrons. The van der Waals surface area contributed by atoms with Gasteiger partial charge in [-0.2, -0.15) is 0 Å². The number of halogens is 1. The van der Waals surface area contributed by atoms with Crippen LogP contribution in [-0.4, -0.2) is 47.4 Å². The molecule has 10 heteroatoms. The maximum absolute atomic E-state index is 6.57. The second-order valence-corrected chi connectivity index (χ2v) is 32.3. The number of aromatic nitrogens is 6. The molecule has 1 aliphatic rings. The van der Waals surface area contributed by atoms with Crippen molar-refractivity contribution in [3.8, 4) is 90.2 Å². The molecule has 570 valence electrons. The molecule has 0 unspecified atom stereocenters. The van der Waals surface area contributed by atoms with E-state index in [2.05, 4.69) is 356 Å². The minimum atomic E-state index is -0.432. The van der Waals surface area contributed by atoms with E-state index in [9.17, 15) is 0 Å². The average molecular weight is 1560 g/mol. The van der Waals surface area contributed by atoms with E-state index >= 15 is 0 Å². The van der Waals surface area contributed by atoms with Gasteiger partial charge in [0.25, 0.3) is 0 Å². The Hall–Kier alpha value is -14.4. The quantitative estimate of drug-likeness (QED) is 0.0771. The van der Waals surface area contributed by atoms with E-state index in [4.69, 9.17) is 30.9 Å². The van der Waals surface area contributed by atoms with Crippen molar-refractivity contribution in [2.75, 3.05) is 0 Å². The Morgan fingerprint density at radius 3 is 1.02 bits per heavy atom. The average Bonchev–Trinajstić information content (AvgIpc) is 0.845. The minimum Gasteiger partial charge on any atom is -0.399 e. The molecule has 1 saturated heterocycles. The highest BCUT2D eigenvalue weighted by molar-refractivity contribution is 6.66. The fourth-order valence-corrected chi connectivity index (χ4v) is 17.9. The molecule has 1 aliphatic heterocycles. The van der Waals surface area contributed by atoms with Gasteiger partial charge in [0.2, 0.25) is 0 Å². The molecule has 5 heterocycles. The molecule has 0 saturated carbocycles. The van der Waals surface area contributed by atoms with Crippen molar-refractivity contribution in [2.45, 2.75) is 38.9 Å². The third-order valence-corrected chi connectivity index (χ3v) is 24.4. The molecule has 8 nitrogen and oxygen atoms in total. The van der Waals surface area contributed by atoms with Crippen molar-refractivity contribution in [2.24, 2.45) is 0 Å². The first-order valence-electron chi connectivity index (χ1n) is 40.9. The minimum absolute atomic E-state index is 0.407. The van der Waals surface area contributed by atoms with Crippen molar-refractivity contribution >= 4 is 132 Å². The van der Waals surface area contributed by atoms with E-state index < -0.39 is 18.3 Å². The van der Waals surface area contributed by atoms with Gasteiger partial charge in [0.1, 0.15) is 5.15 Å². The van der Waals surface area contributed by atoms with Crippen LogP contribution in [0.25, 0.3) is 198 Å². The maximum atomic E-state index is 6.57. The smallest absolute Gasteiger partial charge is 0.399 e. The summed E-state index contributed by atoms with van der Waals surface area (Å²) in [6.07, 6.45) is 0. The van der Waals surface area contributed by atoms with E-state index in [1.165, 1.54) is 142 Å². The Morgan fingerprint density at radius 1 is 0.242 bits per heavy atom. The second kappa shape index (κ2) is 30.2. The number of hydrogen-bond donors (Lipinski definition) is 0. The van der Waals surface area contributed by atoms with Crippen LogP contribution in [0.1, 0.15) is 27.7 Å². The Kier molecular flexibility index (Phi) is 18.4. The normalized spacial score (nSPS) is 13.1. The largest absolute Gasteiger partial charge is 0.495 e. The topological polar surface area (TPSA) is 79.9 Å². The molecule has 0 N–H and O–H groups in total. The number of rotatable bonds is 10. The first kappa shape index (κ1) is 73.2. The van der Waals surface area contributed by atoms with Gasteiger partial charge in [-0.1, -0.05) is 327 Å². The number of fused-ring (bicyclic) bond motifs is 18. The van der Waals surface area contributed by atoms with Crippen LogP contribution in [0, 0.1) is 0 Å². The van der Waals surface area contributed by atoms with Crippen LogP contribution in [0.4, 0.5) is 0 Å². The fraction of sp³-hybridized carbons (Fsp3) is 0.0545. The molecule has 0 bridgehead atoms. The van der Waals surface area contributed by atoms with Crippen LogP contribution in [0.2, 0.25) is 5.15 Å². The van der Waals surface area contributed by atoms with Crippen molar-refractivity contribution in [1.29, 1.82) is 0 Å². The predicted octanol–water partition coefficient (Wildman–Crippen LogP) is 28.4. The predicted molar refractivity (Wildman–Crippen MR) is 503 cm³/mol. The molecule has 18 aromatic carbocycles. The van der Waals surface area contributed by atoms with Gasteiger partial charge >= 0.3 is 7.12 Å². The monoisotopic (exact) mass is 1560 g/mol. The lowest BCUT2D eigenvalue weighted by atomic mass is 9.74. The zero-order valence-electron chi connectivity index (χ0n) is 66.6. The number of nitrogens with zero attached hydrogens (tertiary/aromatic N) is 6. The molecular formula is C110H78BClN6O2. The lowest BCUT2D eigenvalue weighted by Gasteiger charge is -2.32. The Bertz CT molecular complexity index is 7540. The summed E-state index contributed by atoms with van der Waals surface area (Å²) in [5.74, 6) is 1.36. The summed E-state index contributed by atoms with van der Waals surface area (Å²) in [6, 6.07) is 142. The molecule has 120 heavy (non-hydrogen) atoms. The first-order valence-corrected chi connectivity index (χ1v) is 41.2. The zero-order chi connectivity index (χ0) is 80.6. The van der Waals surface area contributed by atoms with Crippen molar-refractivity contribution in [3.05, 3.63) is 406 Å². The Labute approximate surface area is 700 Å². The van der Waals surface area contributed by atoms with Crippen molar-refractivity contribution < 1.29 is 9.31 Å². The van der Waals surface area contributed by atoms with E-state index in [0.29, 0.717) is 16.8 Å². The van der Waals surface area contributed by atoms with Crippen LogP contribution >= 0.6 is 11.6 Å². The van der Waals surface area contributed by atoms with Gasteiger partial charge in [-0.3, -0.25) is 0 Å². The van der Waals surface area contributed by atoms with Crippen LogP contribution in [0.5, 0.6) is 0 Å². The van der Waals surface area contributed by atoms with Gasteiger partial charge < -0.3 is 18.4 Å². The summed E-state index contributed by atoms with van der Waals surface area (Å²) in [7, 11) is -0.432. The van der Waals surface area contributed by atoms with Crippen LogP contribution in [0.15, 0.2) is 400 Å². The molecule has 0 aliphatic carbocycles. The van der Waals surface area contributed by atoms with Crippen LogP contribution in [-0.2, 0) is 9.31 Å². The summed E-state index contributed by atoms with van der Waals surface area (Å²) < 4.78 is 17.9. The fourth-order valence-electron chi connectivity index (χ4n) is 17.7. The van der Waals surface area contributed by atoms with E-state index in [-0.39, 0.29) is 0 Å². The molecule has 23 rings (SSSR count). The summed E-state index contributed by atoms with van der Waals surface area (Å²) >= 11 is 6.10. The molecule has 0 spiro atoms. The Balaban J connectivity index is 0.000000123. The third kappa shape index (κ3) is 13.1. The van der Waals surface area contributed by atoms with Gasteiger partial charge in [-0.05, 0) is 199 Å². The highest BCUT2D eigenvalue weighted by Gasteiger charge is 2.52. The van der Waals surface area contributed by atoms with Crippen molar-refractivity contribution in [1.82, 2.24) is 29.1 Å². The second-order valence-electron chi connectivity index (χ2n) is 31.9. The molecule has 4 aromatic heterocycles. The highest BCUT2D eigenvalue weighted by Crippen LogP contribution is 2.46. The van der Waals surface area contributed by atoms with Crippen LogP contribution < -0.4 is 5.46 Å². The standard InChI is InChI=1S/C52H33N3.C42H34BNO2.C16H11ClN2/c1-4-15-34(16-5-1)47-33-48(54-52(53-47)35-17-6-2-7-18-35)44-25-14-24-43-40-29-27-36(31-45(40)39-21-10-11-23-42(39)51(43)44)37-28-30-50-46(32-37)41-22-12-13-26-49(41)55(50)38-19-8-3-9-20-38;1-41(2)42(3,4)46-43(45-41)37-19-12-18-34-31-23-21-27(25-35(31)30-15-8-9-17-33(30)40(34)37)28-22-24-39-36(26-28)32-16-10-11-20-38(32)44(39)29-13-6-5-7-14-29;17-15-11-14(12-7-3-1-4-8-12)18-16(19-15)13-9-5-2-6-10-13/h1-33H;5-26H,1-4H3;1-11H. The molecule has 1 fully saturated rings. The zero-order valence-corrected chi connectivity index (χ0v) is 67.3. The molecule has 0 atom stereocenters. The van der Waals surface area contributed by atoms with Gasteiger partial charge in [-0.25, -0.2) is 19.9 Å². The SMILES string of the molecule is CC1(C)OB(c2cccc3c4ccc(-c5ccc6c(c5)c5ccccc5n6-c5ccccc5)cc4c4ccccc4c23)OC1(C)C.Clc1cc(-c2ccccc2)nc(-c2ccccc2)n1.c1ccc(-c2cc(-c3cccc4c5ccc(-c6ccc7c(c6)c6ccccc6n7-c6ccccc6)cc5c5ccccc5c34)nc(-c3ccccc3)n2)cc1. The number of hydrogen-bond acceptors (Lipinski definition) is 6. The van der Waals surface area contributed by atoms with Crippen LogP contribution in [0.3, 0.4) is 0 Å². The molecular weight excluding hydrogens is 1480 g/mol. The molecule has 0 amide bonds. The van der Waals surface area contributed by atoms with Gasteiger partial charge in [-0.15, -0.1) is 0 Å².